The third-order valence-electron chi connectivity index (χ3n) is 2.60. The average Bonchev–Trinajstić information content (AvgIpc) is 2.58. The minimum absolute atomic E-state index is 0.436. The summed E-state index contributed by atoms with van der Waals surface area (Å²) in [5.74, 6) is -1.50. The maximum atomic E-state index is 12.5. The Morgan fingerprint density at radius 3 is 2.77 bits per heavy atom. The lowest BCUT2D eigenvalue weighted by Gasteiger charge is -2.15. The van der Waals surface area contributed by atoms with E-state index in [1.54, 1.807) is 0 Å². The van der Waals surface area contributed by atoms with Crippen molar-refractivity contribution in [2.45, 2.75) is 18.9 Å². The van der Waals surface area contributed by atoms with Crippen LogP contribution >= 0.6 is 0 Å². The fraction of sp³-hybridized carbons (Fsp3) is 0.875. The number of rotatable bonds is 3. The zero-order valence-corrected chi connectivity index (χ0v) is 7.40. The van der Waals surface area contributed by atoms with E-state index in [2.05, 4.69) is 9.91 Å². The zero-order chi connectivity index (χ0) is 9.84. The molecule has 74 valence electrons. The van der Waals surface area contributed by atoms with Gasteiger partial charge in [0.25, 0.3) is 0 Å². The summed E-state index contributed by atoms with van der Waals surface area (Å²) in [5.41, 5.74) is 0. The molecule has 0 aromatic carbocycles. The van der Waals surface area contributed by atoms with Crippen molar-refractivity contribution in [3.63, 3.8) is 0 Å². The van der Waals surface area contributed by atoms with Crippen molar-refractivity contribution in [3.8, 4) is 0 Å². The number of halogens is 1. The van der Waals surface area contributed by atoms with Crippen LogP contribution in [0.1, 0.15) is 12.8 Å². The molecule has 13 heavy (non-hydrogen) atoms. The highest BCUT2D eigenvalue weighted by molar-refractivity contribution is 5.73. The first-order chi connectivity index (χ1) is 6.24. The van der Waals surface area contributed by atoms with Gasteiger partial charge in [0.1, 0.15) is 0 Å². The molecule has 1 rings (SSSR count). The van der Waals surface area contributed by atoms with Gasteiger partial charge in [0.2, 0.25) is 0 Å². The summed E-state index contributed by atoms with van der Waals surface area (Å²) < 4.78 is 17.0. The van der Waals surface area contributed by atoms with Crippen LogP contribution in [0.15, 0.2) is 5.18 Å². The van der Waals surface area contributed by atoms with Gasteiger partial charge in [0.15, 0.2) is 0 Å². The van der Waals surface area contributed by atoms with Gasteiger partial charge >= 0.3 is 5.97 Å². The summed E-state index contributed by atoms with van der Waals surface area (Å²) in [5, 5.41) is 2.81. The molecule has 0 aliphatic heterocycles. The molecule has 1 saturated carbocycles. The number of esters is 1. The van der Waals surface area contributed by atoms with Crippen molar-refractivity contribution in [1.82, 2.24) is 0 Å². The van der Waals surface area contributed by atoms with Gasteiger partial charge in [0, 0.05) is 5.92 Å². The summed E-state index contributed by atoms with van der Waals surface area (Å²) in [6.45, 7) is -0.684. The highest BCUT2D eigenvalue weighted by atomic mass is 19.1. The molecule has 0 radical (unpaired) electrons. The van der Waals surface area contributed by atoms with E-state index in [9.17, 15) is 14.1 Å². The average molecular weight is 189 g/mol. The molecular weight excluding hydrogens is 177 g/mol. The smallest absolute Gasteiger partial charge is 0.309 e. The van der Waals surface area contributed by atoms with Crippen LogP contribution in [0.25, 0.3) is 0 Å². The predicted molar refractivity (Wildman–Crippen MR) is 43.8 cm³/mol. The van der Waals surface area contributed by atoms with Crippen molar-refractivity contribution in [2.75, 3.05) is 13.8 Å². The second-order valence-corrected chi connectivity index (χ2v) is 3.20. The molecule has 4 nitrogen and oxygen atoms in total. The monoisotopic (exact) mass is 189 g/mol. The molecule has 0 bridgehead atoms. The van der Waals surface area contributed by atoms with Crippen molar-refractivity contribution in [1.29, 1.82) is 0 Å². The Morgan fingerprint density at radius 2 is 2.31 bits per heavy atom. The molecule has 0 saturated heterocycles. The van der Waals surface area contributed by atoms with Gasteiger partial charge in [-0.15, -0.1) is 0 Å². The zero-order valence-electron chi connectivity index (χ0n) is 7.40. The Morgan fingerprint density at radius 1 is 1.62 bits per heavy atom. The Labute approximate surface area is 75.4 Å². The summed E-state index contributed by atoms with van der Waals surface area (Å²) in [4.78, 5) is 21.4. The fourth-order valence-corrected chi connectivity index (χ4v) is 1.83. The molecule has 1 fully saturated rings. The summed E-state index contributed by atoms with van der Waals surface area (Å²) in [7, 11) is 1.26. The highest BCUT2D eigenvalue weighted by Crippen LogP contribution is 2.35. The number of carbonyl (C=O) groups excluding carboxylic acids is 1. The molecule has 0 aromatic heterocycles. The minimum Gasteiger partial charge on any atom is -0.469 e. The third kappa shape index (κ3) is 1.84. The Bertz CT molecular complexity index is 210. The second-order valence-electron chi connectivity index (χ2n) is 3.20. The van der Waals surface area contributed by atoms with E-state index < -0.39 is 30.5 Å². The molecule has 1 aliphatic carbocycles. The maximum Gasteiger partial charge on any atom is 0.309 e. The third-order valence-corrected chi connectivity index (χ3v) is 2.60. The molecule has 5 heteroatoms. The van der Waals surface area contributed by atoms with Crippen LogP contribution in [0, 0.1) is 16.7 Å². The topological polar surface area (TPSA) is 55.7 Å². The summed E-state index contributed by atoms with van der Waals surface area (Å²) in [6, 6.07) is -0.561. The lowest BCUT2D eigenvalue weighted by Crippen LogP contribution is -2.26. The first-order valence-corrected chi connectivity index (χ1v) is 4.20. The molecule has 0 aromatic rings. The van der Waals surface area contributed by atoms with Gasteiger partial charge in [-0.25, -0.2) is 0 Å². The number of alkyl halides is 1. The van der Waals surface area contributed by atoms with E-state index >= 15 is 0 Å². The van der Waals surface area contributed by atoms with Crippen LogP contribution in [0.3, 0.4) is 0 Å². The predicted octanol–water partition coefficient (Wildman–Crippen LogP) is 1.29. The van der Waals surface area contributed by atoms with Crippen molar-refractivity contribution >= 4 is 5.97 Å². The van der Waals surface area contributed by atoms with E-state index in [1.165, 1.54) is 7.11 Å². The number of ether oxygens (including phenoxy) is 1. The maximum absolute atomic E-state index is 12.5. The van der Waals surface area contributed by atoms with Gasteiger partial charge < -0.3 is 4.74 Å². The molecule has 0 heterocycles. The van der Waals surface area contributed by atoms with Crippen LogP contribution in [-0.2, 0) is 9.53 Å². The minimum atomic E-state index is -0.684. The molecular formula is C8H12FNO3. The quantitative estimate of drug-likeness (QED) is 0.496. The lowest BCUT2D eigenvalue weighted by atomic mass is 9.95. The number of methoxy groups -OCH3 is 1. The second kappa shape index (κ2) is 4.30. The molecule has 1 unspecified atom stereocenters. The molecule has 0 amide bonds. The van der Waals surface area contributed by atoms with Crippen LogP contribution in [0.5, 0.6) is 0 Å². The molecule has 1 aliphatic rings. The molecule has 0 N–H and O–H groups in total. The first-order valence-electron chi connectivity index (χ1n) is 4.20. The number of carbonyl (C=O) groups is 1. The molecule has 3 atom stereocenters. The van der Waals surface area contributed by atoms with Gasteiger partial charge in [-0.3, -0.25) is 9.18 Å². The summed E-state index contributed by atoms with van der Waals surface area (Å²) in [6.07, 6.45) is 0.982. The Balaban J connectivity index is 2.67. The fourth-order valence-electron chi connectivity index (χ4n) is 1.83. The lowest BCUT2D eigenvalue weighted by molar-refractivity contribution is -0.147. The summed E-state index contributed by atoms with van der Waals surface area (Å²) >= 11 is 0. The van der Waals surface area contributed by atoms with Gasteiger partial charge in [-0.2, -0.15) is 4.91 Å². The van der Waals surface area contributed by atoms with E-state index in [1.807, 2.05) is 0 Å². The van der Waals surface area contributed by atoms with Gasteiger partial charge in [0.05, 0.1) is 25.7 Å². The normalized spacial score (nSPS) is 32.9. The SMILES string of the molecule is COC(=O)C1CC[C@@H](N=O)[C@@H]1CF. The van der Waals surface area contributed by atoms with Crippen molar-refractivity contribution < 1.29 is 13.9 Å². The molecule has 0 spiro atoms. The van der Waals surface area contributed by atoms with Crippen LogP contribution in [0.4, 0.5) is 4.39 Å². The van der Waals surface area contributed by atoms with Crippen LogP contribution in [-0.4, -0.2) is 25.8 Å². The van der Waals surface area contributed by atoms with E-state index in [0.29, 0.717) is 12.8 Å². The van der Waals surface area contributed by atoms with E-state index in [0.717, 1.165) is 0 Å². The number of hydrogen-bond donors (Lipinski definition) is 0. The number of nitroso groups, excluding NO2 is 1. The highest BCUT2D eigenvalue weighted by Gasteiger charge is 2.41. The van der Waals surface area contributed by atoms with Crippen molar-refractivity contribution in [3.05, 3.63) is 4.91 Å². The Hall–Kier alpha value is -1.00. The van der Waals surface area contributed by atoms with Gasteiger partial charge in [-0.1, -0.05) is 5.18 Å². The van der Waals surface area contributed by atoms with E-state index in [-0.39, 0.29) is 0 Å². The van der Waals surface area contributed by atoms with E-state index in [4.69, 9.17) is 0 Å². The van der Waals surface area contributed by atoms with Crippen LogP contribution in [0.2, 0.25) is 0 Å². The van der Waals surface area contributed by atoms with Crippen molar-refractivity contribution in [2.24, 2.45) is 17.0 Å². The van der Waals surface area contributed by atoms with Crippen LogP contribution < -0.4 is 0 Å². The largest absolute Gasteiger partial charge is 0.469 e. The standard InChI is InChI=1S/C8H12FNO3/c1-13-8(11)5-2-3-7(10-12)6(5)4-9/h5-7H,2-4H2,1H3/t5?,6-,7-/m1/s1. The number of hydrogen-bond acceptors (Lipinski definition) is 4. The van der Waals surface area contributed by atoms with Gasteiger partial charge in [-0.05, 0) is 12.8 Å². The Kier molecular flexibility index (Phi) is 3.33. The first kappa shape index (κ1) is 10.1. The number of nitrogens with zero attached hydrogens (tertiary/aromatic N) is 1.